The van der Waals surface area contributed by atoms with Crippen LogP contribution in [0, 0.1) is 6.92 Å². The summed E-state index contributed by atoms with van der Waals surface area (Å²) >= 11 is 1.50. The zero-order valence-electron chi connectivity index (χ0n) is 8.12. The number of carbonyl (C=O) groups is 1. The molecule has 0 fully saturated rings. The molecule has 1 rings (SSSR count). The first kappa shape index (κ1) is 10.9. The minimum absolute atomic E-state index is 0.0234. The first-order chi connectivity index (χ1) is 6.74. The molecule has 0 aliphatic heterocycles. The second kappa shape index (κ2) is 5.57. The number of amides is 1. The second-order valence-electron chi connectivity index (χ2n) is 2.83. The highest BCUT2D eigenvalue weighted by Crippen LogP contribution is 2.14. The Hall–Kier alpha value is -1.13. The molecule has 0 atom stereocenters. The Balaban J connectivity index is 2.39. The van der Waals surface area contributed by atoms with E-state index < -0.39 is 0 Å². The van der Waals surface area contributed by atoms with Gasteiger partial charge in [-0.3, -0.25) is 4.79 Å². The summed E-state index contributed by atoms with van der Waals surface area (Å²) in [5.41, 5.74) is 5.26. The molecule has 0 bridgehead atoms. The van der Waals surface area contributed by atoms with Crippen molar-refractivity contribution in [1.29, 1.82) is 0 Å². The Morgan fingerprint density at radius 3 is 2.93 bits per heavy atom. The van der Waals surface area contributed by atoms with Gasteiger partial charge in [0.15, 0.2) is 0 Å². The van der Waals surface area contributed by atoms with Crippen LogP contribution in [-0.4, -0.2) is 19.0 Å². The van der Waals surface area contributed by atoms with E-state index in [2.05, 4.69) is 5.32 Å². The number of nitrogens with one attached hydrogen (secondary N) is 1. The zero-order chi connectivity index (χ0) is 10.4. The first-order valence-electron chi connectivity index (χ1n) is 4.43. The van der Waals surface area contributed by atoms with Gasteiger partial charge in [-0.25, -0.2) is 0 Å². The number of carbonyl (C=O) groups excluding carboxylic acids is 1. The smallest absolute Gasteiger partial charge is 0.261 e. The van der Waals surface area contributed by atoms with Crippen molar-refractivity contribution in [2.75, 3.05) is 13.1 Å². The van der Waals surface area contributed by atoms with Crippen LogP contribution in [0.1, 0.15) is 14.5 Å². The summed E-state index contributed by atoms with van der Waals surface area (Å²) < 4.78 is 0. The molecule has 0 radical (unpaired) electrons. The summed E-state index contributed by atoms with van der Waals surface area (Å²) in [7, 11) is 0. The second-order valence-corrected chi connectivity index (χ2v) is 4.12. The Morgan fingerprint density at radius 1 is 1.57 bits per heavy atom. The van der Waals surface area contributed by atoms with Gasteiger partial charge in [0.25, 0.3) is 5.91 Å². The van der Waals surface area contributed by atoms with Crippen LogP contribution in [0.5, 0.6) is 0 Å². The van der Waals surface area contributed by atoms with E-state index in [-0.39, 0.29) is 5.91 Å². The molecule has 3 N–H and O–H groups in total. The highest BCUT2D eigenvalue weighted by Gasteiger charge is 2.05. The van der Waals surface area contributed by atoms with Gasteiger partial charge in [-0.15, -0.1) is 11.3 Å². The summed E-state index contributed by atoms with van der Waals surface area (Å²) in [6.45, 7) is 3.02. The number of aryl methyl sites for hydroxylation is 1. The zero-order valence-corrected chi connectivity index (χ0v) is 8.93. The highest BCUT2D eigenvalue weighted by atomic mass is 32.1. The number of hydrogen-bond donors (Lipinski definition) is 2. The SMILES string of the molecule is Cc1ccc(C(=O)NC/C=C/CN)s1. The summed E-state index contributed by atoms with van der Waals surface area (Å²) in [6.07, 6.45) is 3.66. The number of nitrogens with two attached hydrogens (primary N) is 1. The summed E-state index contributed by atoms with van der Waals surface area (Å²) in [5.74, 6) is -0.0234. The minimum Gasteiger partial charge on any atom is -0.348 e. The summed E-state index contributed by atoms with van der Waals surface area (Å²) in [5, 5.41) is 2.78. The van der Waals surface area contributed by atoms with Crippen LogP contribution < -0.4 is 11.1 Å². The van der Waals surface area contributed by atoms with Crippen molar-refractivity contribution in [1.82, 2.24) is 5.32 Å². The van der Waals surface area contributed by atoms with Crippen molar-refractivity contribution in [3.05, 3.63) is 34.0 Å². The molecule has 0 aliphatic rings. The van der Waals surface area contributed by atoms with Gasteiger partial charge in [0.05, 0.1) is 4.88 Å². The quantitative estimate of drug-likeness (QED) is 0.736. The van der Waals surface area contributed by atoms with Crippen molar-refractivity contribution >= 4 is 17.2 Å². The van der Waals surface area contributed by atoms with E-state index in [4.69, 9.17) is 5.73 Å². The predicted octanol–water partition coefficient (Wildman–Crippen LogP) is 1.30. The van der Waals surface area contributed by atoms with Crippen molar-refractivity contribution < 1.29 is 4.79 Å². The maximum absolute atomic E-state index is 11.5. The van der Waals surface area contributed by atoms with Gasteiger partial charge in [-0.1, -0.05) is 12.2 Å². The van der Waals surface area contributed by atoms with Crippen molar-refractivity contribution in [2.24, 2.45) is 5.73 Å². The van der Waals surface area contributed by atoms with Crippen LogP contribution in [0.2, 0.25) is 0 Å². The molecule has 0 unspecified atom stereocenters. The van der Waals surface area contributed by atoms with Gasteiger partial charge < -0.3 is 11.1 Å². The Bertz CT molecular complexity index is 331. The number of rotatable bonds is 4. The van der Waals surface area contributed by atoms with Gasteiger partial charge in [0, 0.05) is 18.0 Å². The van der Waals surface area contributed by atoms with Crippen LogP contribution in [0.25, 0.3) is 0 Å². The van der Waals surface area contributed by atoms with E-state index in [9.17, 15) is 4.79 Å². The predicted molar refractivity (Wildman–Crippen MR) is 59.6 cm³/mol. The third kappa shape index (κ3) is 3.32. The average molecular weight is 210 g/mol. The fraction of sp³-hybridized carbons (Fsp3) is 0.300. The Kier molecular flexibility index (Phi) is 4.35. The molecule has 1 aromatic heterocycles. The normalized spacial score (nSPS) is 10.7. The molecule has 1 heterocycles. The van der Waals surface area contributed by atoms with E-state index >= 15 is 0 Å². The van der Waals surface area contributed by atoms with Crippen molar-refractivity contribution in [2.45, 2.75) is 6.92 Å². The van der Waals surface area contributed by atoms with Crippen LogP contribution in [0.4, 0.5) is 0 Å². The maximum Gasteiger partial charge on any atom is 0.261 e. The van der Waals surface area contributed by atoms with Gasteiger partial charge in [-0.2, -0.15) is 0 Å². The molecule has 0 saturated heterocycles. The summed E-state index contributed by atoms with van der Waals surface area (Å²) in [4.78, 5) is 13.4. The number of hydrogen-bond acceptors (Lipinski definition) is 3. The Labute approximate surface area is 87.6 Å². The third-order valence-corrected chi connectivity index (χ3v) is 2.65. The fourth-order valence-electron chi connectivity index (χ4n) is 0.975. The molecule has 1 amide bonds. The standard InChI is InChI=1S/C10H14N2OS/c1-8-4-5-9(14-8)10(13)12-7-3-2-6-11/h2-5H,6-7,11H2,1H3,(H,12,13)/b3-2+. The Morgan fingerprint density at radius 2 is 2.36 bits per heavy atom. The van der Waals surface area contributed by atoms with E-state index in [1.54, 1.807) is 0 Å². The van der Waals surface area contributed by atoms with Gasteiger partial charge in [0.2, 0.25) is 0 Å². The topological polar surface area (TPSA) is 55.1 Å². The van der Waals surface area contributed by atoms with E-state index in [1.807, 2.05) is 31.2 Å². The molecular weight excluding hydrogens is 196 g/mol. The van der Waals surface area contributed by atoms with Crippen LogP contribution >= 0.6 is 11.3 Å². The van der Waals surface area contributed by atoms with Gasteiger partial charge in [0.1, 0.15) is 0 Å². The monoisotopic (exact) mass is 210 g/mol. The van der Waals surface area contributed by atoms with Gasteiger partial charge in [-0.05, 0) is 19.1 Å². The highest BCUT2D eigenvalue weighted by molar-refractivity contribution is 7.13. The van der Waals surface area contributed by atoms with E-state index in [1.165, 1.54) is 11.3 Å². The largest absolute Gasteiger partial charge is 0.348 e. The molecule has 0 spiro atoms. The molecule has 0 aliphatic carbocycles. The number of thiophene rings is 1. The molecule has 14 heavy (non-hydrogen) atoms. The van der Waals surface area contributed by atoms with Crippen molar-refractivity contribution in [3.8, 4) is 0 Å². The summed E-state index contributed by atoms with van der Waals surface area (Å²) in [6, 6.07) is 3.78. The van der Waals surface area contributed by atoms with Crippen LogP contribution in [0.3, 0.4) is 0 Å². The average Bonchev–Trinajstić information content (AvgIpc) is 2.59. The lowest BCUT2D eigenvalue weighted by molar-refractivity contribution is 0.0962. The van der Waals surface area contributed by atoms with E-state index in [0.29, 0.717) is 13.1 Å². The lowest BCUT2D eigenvalue weighted by atomic mass is 10.4. The van der Waals surface area contributed by atoms with Crippen molar-refractivity contribution in [3.63, 3.8) is 0 Å². The fourth-order valence-corrected chi connectivity index (χ4v) is 1.76. The lowest BCUT2D eigenvalue weighted by Crippen LogP contribution is -2.22. The molecule has 0 aromatic carbocycles. The van der Waals surface area contributed by atoms with Crippen LogP contribution in [-0.2, 0) is 0 Å². The molecular formula is C10H14N2OS. The minimum atomic E-state index is -0.0234. The third-order valence-electron chi connectivity index (χ3n) is 1.65. The molecule has 3 nitrogen and oxygen atoms in total. The van der Waals surface area contributed by atoms with E-state index in [0.717, 1.165) is 9.75 Å². The maximum atomic E-state index is 11.5. The molecule has 0 saturated carbocycles. The molecule has 76 valence electrons. The molecule has 1 aromatic rings. The van der Waals surface area contributed by atoms with Crippen LogP contribution in [0.15, 0.2) is 24.3 Å². The van der Waals surface area contributed by atoms with Gasteiger partial charge >= 0.3 is 0 Å². The first-order valence-corrected chi connectivity index (χ1v) is 5.25. The molecule has 4 heteroatoms. The lowest BCUT2D eigenvalue weighted by Gasteiger charge is -1.97.